The Morgan fingerprint density at radius 1 is 1.38 bits per heavy atom. The molecule has 1 N–H and O–H groups in total. The zero-order valence-corrected chi connectivity index (χ0v) is 13.5. The topological polar surface area (TPSA) is 40.5 Å². The van der Waals surface area contributed by atoms with E-state index in [4.69, 9.17) is 16.7 Å². The Kier molecular flexibility index (Phi) is 5.65. The highest BCUT2D eigenvalue weighted by molar-refractivity contribution is 6.30. The fourth-order valence-corrected chi connectivity index (χ4v) is 3.38. The summed E-state index contributed by atoms with van der Waals surface area (Å²) in [6, 6.07) is 8.38. The molecule has 3 unspecified atom stereocenters. The minimum absolute atomic E-state index is 0.239. The molecule has 0 saturated carbocycles. The second-order valence-corrected chi connectivity index (χ2v) is 6.64. The van der Waals surface area contributed by atoms with Crippen LogP contribution in [0.2, 0.25) is 5.02 Å². The van der Waals surface area contributed by atoms with Crippen LogP contribution < -0.4 is 0 Å². The largest absolute Gasteiger partial charge is 0.481 e. The molecule has 1 saturated heterocycles. The average Bonchev–Trinajstić information content (AvgIpc) is 2.47. The number of hydrogen-bond acceptors (Lipinski definition) is 2. The van der Waals surface area contributed by atoms with Crippen LogP contribution in [0.15, 0.2) is 24.3 Å². The van der Waals surface area contributed by atoms with Gasteiger partial charge in [-0.05, 0) is 55.8 Å². The van der Waals surface area contributed by atoms with Gasteiger partial charge in [0.05, 0.1) is 0 Å². The molecule has 0 bridgehead atoms. The van der Waals surface area contributed by atoms with E-state index in [9.17, 15) is 4.79 Å². The van der Waals surface area contributed by atoms with Crippen molar-refractivity contribution >= 4 is 17.6 Å². The number of carbonyl (C=O) groups is 1. The molecular weight excluding hydrogens is 286 g/mol. The van der Waals surface area contributed by atoms with Crippen LogP contribution >= 0.6 is 11.6 Å². The molecule has 0 aliphatic carbocycles. The third-order valence-electron chi connectivity index (χ3n) is 4.69. The van der Waals surface area contributed by atoms with Crippen molar-refractivity contribution in [1.29, 1.82) is 0 Å². The summed E-state index contributed by atoms with van der Waals surface area (Å²) < 4.78 is 0. The van der Waals surface area contributed by atoms with E-state index < -0.39 is 5.97 Å². The molecule has 0 radical (unpaired) electrons. The van der Waals surface area contributed by atoms with Gasteiger partial charge in [0.25, 0.3) is 0 Å². The van der Waals surface area contributed by atoms with Crippen molar-refractivity contribution < 1.29 is 9.90 Å². The molecular formula is C17H24ClNO2. The predicted octanol–water partition coefficient (Wildman–Crippen LogP) is 4.22. The van der Waals surface area contributed by atoms with Crippen molar-refractivity contribution in [2.24, 2.45) is 11.8 Å². The number of halogens is 1. The predicted molar refractivity (Wildman–Crippen MR) is 85.6 cm³/mol. The molecule has 1 heterocycles. The highest BCUT2D eigenvalue weighted by atomic mass is 35.5. The lowest BCUT2D eigenvalue weighted by molar-refractivity contribution is -0.138. The quantitative estimate of drug-likeness (QED) is 0.885. The SMILES string of the molecule is CC(CC(=O)O)C1CCCN(C(C)c2ccc(Cl)cc2)C1. The maximum absolute atomic E-state index is 10.9. The number of rotatable bonds is 5. The second-order valence-electron chi connectivity index (χ2n) is 6.20. The van der Waals surface area contributed by atoms with Gasteiger partial charge in [-0.2, -0.15) is 0 Å². The van der Waals surface area contributed by atoms with Crippen LogP contribution in [-0.2, 0) is 4.79 Å². The molecule has 3 atom stereocenters. The van der Waals surface area contributed by atoms with E-state index in [2.05, 4.69) is 30.9 Å². The van der Waals surface area contributed by atoms with Crippen LogP contribution in [0.25, 0.3) is 0 Å². The van der Waals surface area contributed by atoms with Gasteiger partial charge in [0, 0.05) is 24.0 Å². The standard InChI is InChI=1S/C17H24ClNO2/c1-12(10-17(20)21)15-4-3-9-19(11-15)13(2)14-5-7-16(18)8-6-14/h5-8,12-13,15H,3-4,9-11H2,1-2H3,(H,20,21). The normalized spacial score (nSPS) is 22.7. The maximum Gasteiger partial charge on any atom is 0.303 e. The minimum Gasteiger partial charge on any atom is -0.481 e. The number of hydrogen-bond donors (Lipinski definition) is 1. The third-order valence-corrected chi connectivity index (χ3v) is 4.94. The van der Waals surface area contributed by atoms with Gasteiger partial charge in [0.2, 0.25) is 0 Å². The molecule has 3 nitrogen and oxygen atoms in total. The fraction of sp³-hybridized carbons (Fsp3) is 0.588. The summed E-state index contributed by atoms with van der Waals surface area (Å²) in [7, 11) is 0. The van der Waals surface area contributed by atoms with Crippen molar-refractivity contribution in [1.82, 2.24) is 4.90 Å². The van der Waals surface area contributed by atoms with Gasteiger partial charge in [-0.25, -0.2) is 0 Å². The molecule has 21 heavy (non-hydrogen) atoms. The van der Waals surface area contributed by atoms with Crippen molar-refractivity contribution in [3.05, 3.63) is 34.9 Å². The number of piperidine rings is 1. The first kappa shape index (κ1) is 16.3. The lowest BCUT2D eigenvalue weighted by Crippen LogP contribution is -2.39. The van der Waals surface area contributed by atoms with Gasteiger partial charge < -0.3 is 5.11 Å². The number of nitrogens with zero attached hydrogens (tertiary/aromatic N) is 1. The van der Waals surface area contributed by atoms with E-state index in [1.54, 1.807) is 0 Å². The van der Waals surface area contributed by atoms with Gasteiger partial charge in [-0.1, -0.05) is 30.7 Å². The van der Waals surface area contributed by atoms with E-state index in [0.29, 0.717) is 12.0 Å². The third kappa shape index (κ3) is 4.45. The van der Waals surface area contributed by atoms with Gasteiger partial charge >= 0.3 is 5.97 Å². The number of benzene rings is 1. The fourth-order valence-electron chi connectivity index (χ4n) is 3.25. The van der Waals surface area contributed by atoms with Crippen molar-refractivity contribution in [3.63, 3.8) is 0 Å². The van der Waals surface area contributed by atoms with Crippen LogP contribution in [0.4, 0.5) is 0 Å². The molecule has 1 aliphatic rings. The molecule has 4 heteroatoms. The van der Waals surface area contributed by atoms with Crippen LogP contribution in [0.1, 0.15) is 44.7 Å². The first-order chi connectivity index (χ1) is 9.97. The molecule has 1 aliphatic heterocycles. The Balaban J connectivity index is 1.99. The monoisotopic (exact) mass is 309 g/mol. The summed E-state index contributed by atoms with van der Waals surface area (Å²) in [6.07, 6.45) is 2.55. The van der Waals surface area contributed by atoms with Crippen LogP contribution in [0.5, 0.6) is 0 Å². The molecule has 116 valence electrons. The summed E-state index contributed by atoms with van der Waals surface area (Å²) >= 11 is 5.95. The average molecular weight is 310 g/mol. The second kappa shape index (κ2) is 7.28. The molecule has 2 rings (SSSR count). The Bertz CT molecular complexity index is 474. The summed E-state index contributed by atoms with van der Waals surface area (Å²) in [5, 5.41) is 9.73. The maximum atomic E-state index is 10.9. The molecule has 1 aromatic rings. The van der Waals surface area contributed by atoms with Crippen LogP contribution in [0.3, 0.4) is 0 Å². The van der Waals surface area contributed by atoms with Crippen LogP contribution in [-0.4, -0.2) is 29.1 Å². The van der Waals surface area contributed by atoms with Crippen molar-refractivity contribution in [2.75, 3.05) is 13.1 Å². The van der Waals surface area contributed by atoms with Crippen molar-refractivity contribution in [3.8, 4) is 0 Å². The van der Waals surface area contributed by atoms with E-state index in [1.807, 2.05) is 12.1 Å². The molecule has 0 amide bonds. The number of aliphatic carboxylic acids is 1. The molecule has 0 spiro atoms. The Morgan fingerprint density at radius 3 is 2.67 bits per heavy atom. The van der Waals surface area contributed by atoms with Gasteiger partial charge in [0.1, 0.15) is 0 Å². The van der Waals surface area contributed by atoms with E-state index in [0.717, 1.165) is 31.0 Å². The summed E-state index contributed by atoms with van der Waals surface area (Å²) in [5.74, 6) is 0.0256. The van der Waals surface area contributed by atoms with Gasteiger partial charge in [-0.15, -0.1) is 0 Å². The molecule has 1 fully saturated rings. The van der Waals surface area contributed by atoms with E-state index in [1.165, 1.54) is 5.56 Å². The smallest absolute Gasteiger partial charge is 0.303 e. The summed E-state index contributed by atoms with van der Waals surface area (Å²) in [4.78, 5) is 13.4. The molecule has 0 aromatic heterocycles. The molecule has 1 aromatic carbocycles. The first-order valence-corrected chi connectivity index (χ1v) is 8.06. The lowest BCUT2D eigenvalue weighted by Gasteiger charge is -2.39. The highest BCUT2D eigenvalue weighted by Crippen LogP contribution is 2.31. The first-order valence-electron chi connectivity index (χ1n) is 7.68. The minimum atomic E-state index is -0.689. The number of carboxylic acid groups (broad SMARTS) is 1. The van der Waals surface area contributed by atoms with Gasteiger partial charge in [-0.3, -0.25) is 9.69 Å². The van der Waals surface area contributed by atoms with Crippen molar-refractivity contribution in [2.45, 2.75) is 39.2 Å². The Hall–Kier alpha value is -1.06. The summed E-state index contributed by atoms with van der Waals surface area (Å²) in [5.41, 5.74) is 1.27. The number of likely N-dealkylation sites (tertiary alicyclic amines) is 1. The van der Waals surface area contributed by atoms with Crippen LogP contribution in [0, 0.1) is 11.8 Å². The lowest BCUT2D eigenvalue weighted by atomic mass is 9.84. The van der Waals surface area contributed by atoms with E-state index >= 15 is 0 Å². The zero-order valence-electron chi connectivity index (χ0n) is 12.8. The van der Waals surface area contributed by atoms with E-state index in [-0.39, 0.29) is 12.3 Å². The summed E-state index contributed by atoms with van der Waals surface area (Å²) in [6.45, 7) is 6.35. The number of carboxylic acids is 1. The zero-order chi connectivity index (χ0) is 15.4. The Morgan fingerprint density at radius 2 is 2.05 bits per heavy atom. The highest BCUT2D eigenvalue weighted by Gasteiger charge is 2.28. The Labute approximate surface area is 131 Å². The van der Waals surface area contributed by atoms with Gasteiger partial charge in [0.15, 0.2) is 0 Å².